The van der Waals surface area contributed by atoms with Gasteiger partial charge in [0.25, 0.3) is 0 Å². The molecule has 0 aliphatic carbocycles. The third kappa shape index (κ3) is 3.50. The molecule has 0 saturated heterocycles. The molecular formula is C18H16ClFN2O. The molecule has 1 heterocycles. The second-order valence-corrected chi connectivity index (χ2v) is 5.70. The molecule has 5 heteroatoms. The Hall–Kier alpha value is -2.01. The van der Waals surface area contributed by atoms with Crippen molar-refractivity contribution < 1.29 is 9.50 Å². The minimum atomic E-state index is -0.385. The quantitative estimate of drug-likeness (QED) is 0.747. The summed E-state index contributed by atoms with van der Waals surface area (Å²) in [5.41, 5.74) is 3.15. The van der Waals surface area contributed by atoms with Gasteiger partial charge in [0.15, 0.2) is 0 Å². The van der Waals surface area contributed by atoms with E-state index in [1.165, 1.54) is 6.07 Å². The monoisotopic (exact) mass is 330 g/mol. The Morgan fingerprint density at radius 2 is 1.96 bits per heavy atom. The van der Waals surface area contributed by atoms with Crippen LogP contribution in [0.4, 0.5) is 4.39 Å². The lowest BCUT2D eigenvalue weighted by Crippen LogP contribution is -2.13. The highest BCUT2D eigenvalue weighted by Gasteiger charge is 2.06. The maximum absolute atomic E-state index is 13.4. The number of fused-ring (bicyclic) bond motifs is 1. The molecular weight excluding hydrogens is 315 g/mol. The minimum absolute atomic E-state index is 0.300. The van der Waals surface area contributed by atoms with E-state index >= 15 is 0 Å². The van der Waals surface area contributed by atoms with Crippen LogP contribution in [0.2, 0.25) is 5.02 Å². The molecule has 0 amide bonds. The molecule has 3 nitrogen and oxygen atoms in total. The van der Waals surface area contributed by atoms with E-state index in [0.717, 1.165) is 22.0 Å². The Labute approximate surface area is 138 Å². The number of nitrogens with one attached hydrogen (secondary N) is 1. The molecule has 0 spiro atoms. The summed E-state index contributed by atoms with van der Waals surface area (Å²) in [7, 11) is 0. The molecule has 2 N–H and O–H groups in total. The summed E-state index contributed by atoms with van der Waals surface area (Å²) in [5.74, 6) is -0.385. The van der Waals surface area contributed by atoms with E-state index in [9.17, 15) is 4.39 Å². The number of halogens is 2. The summed E-state index contributed by atoms with van der Waals surface area (Å²) in [5, 5.41) is 14.0. The smallest absolute Gasteiger partial charge is 0.128 e. The number of pyridine rings is 1. The van der Waals surface area contributed by atoms with Gasteiger partial charge in [-0.05, 0) is 41.5 Å². The van der Waals surface area contributed by atoms with Crippen LogP contribution < -0.4 is 5.32 Å². The van der Waals surface area contributed by atoms with Crippen molar-refractivity contribution in [2.75, 3.05) is 0 Å². The van der Waals surface area contributed by atoms with Crippen molar-refractivity contribution in [1.82, 2.24) is 10.3 Å². The van der Waals surface area contributed by atoms with E-state index < -0.39 is 0 Å². The van der Waals surface area contributed by atoms with Gasteiger partial charge in [0.1, 0.15) is 5.82 Å². The van der Waals surface area contributed by atoms with Gasteiger partial charge in [-0.3, -0.25) is 4.98 Å². The first kappa shape index (κ1) is 15.9. The van der Waals surface area contributed by atoms with Gasteiger partial charge in [0.05, 0.1) is 12.1 Å². The molecule has 23 heavy (non-hydrogen) atoms. The van der Waals surface area contributed by atoms with Gasteiger partial charge in [0.2, 0.25) is 0 Å². The maximum Gasteiger partial charge on any atom is 0.128 e. The SMILES string of the molecule is OCc1cc(CNCc2ccc(Cl)c3cccnc23)ccc1F. The number of benzene rings is 2. The molecule has 0 radical (unpaired) electrons. The van der Waals surface area contributed by atoms with Crippen molar-refractivity contribution in [1.29, 1.82) is 0 Å². The Morgan fingerprint density at radius 3 is 2.78 bits per heavy atom. The zero-order chi connectivity index (χ0) is 16.2. The number of aromatic nitrogens is 1. The van der Waals surface area contributed by atoms with E-state index in [0.29, 0.717) is 23.7 Å². The molecule has 118 valence electrons. The maximum atomic E-state index is 13.4. The van der Waals surface area contributed by atoms with E-state index in [-0.39, 0.29) is 12.4 Å². The van der Waals surface area contributed by atoms with Crippen LogP contribution in [0.3, 0.4) is 0 Å². The number of aliphatic hydroxyl groups is 1. The van der Waals surface area contributed by atoms with Crippen LogP contribution >= 0.6 is 11.6 Å². The van der Waals surface area contributed by atoms with E-state index in [1.54, 1.807) is 18.3 Å². The van der Waals surface area contributed by atoms with Crippen LogP contribution in [0.5, 0.6) is 0 Å². The van der Waals surface area contributed by atoms with Crippen LogP contribution in [0.25, 0.3) is 10.9 Å². The van der Waals surface area contributed by atoms with Crippen LogP contribution in [0, 0.1) is 5.82 Å². The van der Waals surface area contributed by atoms with E-state index in [2.05, 4.69) is 10.3 Å². The molecule has 0 unspecified atom stereocenters. The van der Waals surface area contributed by atoms with Crippen LogP contribution in [-0.2, 0) is 19.7 Å². The molecule has 3 rings (SSSR count). The van der Waals surface area contributed by atoms with Crippen LogP contribution in [-0.4, -0.2) is 10.1 Å². The summed E-state index contributed by atoms with van der Waals surface area (Å²) in [6.45, 7) is 0.895. The summed E-state index contributed by atoms with van der Waals surface area (Å²) < 4.78 is 13.4. The first-order chi connectivity index (χ1) is 11.2. The molecule has 0 aliphatic heterocycles. The number of hydrogen-bond acceptors (Lipinski definition) is 3. The Kier molecular flexibility index (Phi) is 4.86. The zero-order valence-electron chi connectivity index (χ0n) is 12.4. The molecule has 0 fully saturated rings. The fourth-order valence-electron chi connectivity index (χ4n) is 2.54. The third-order valence-electron chi connectivity index (χ3n) is 3.73. The van der Waals surface area contributed by atoms with Crippen molar-refractivity contribution in [2.45, 2.75) is 19.7 Å². The highest BCUT2D eigenvalue weighted by Crippen LogP contribution is 2.24. The molecule has 2 aromatic carbocycles. The summed E-state index contributed by atoms with van der Waals surface area (Å²) >= 11 is 6.19. The van der Waals surface area contributed by atoms with Gasteiger partial charge in [0, 0.05) is 35.3 Å². The highest BCUT2D eigenvalue weighted by molar-refractivity contribution is 6.35. The molecule has 0 saturated carbocycles. The van der Waals surface area contributed by atoms with Gasteiger partial charge < -0.3 is 10.4 Å². The number of nitrogens with zero attached hydrogens (tertiary/aromatic N) is 1. The molecule has 3 aromatic rings. The van der Waals surface area contributed by atoms with Gasteiger partial charge in [-0.25, -0.2) is 4.39 Å². The fraction of sp³-hybridized carbons (Fsp3) is 0.167. The average molecular weight is 331 g/mol. The lowest BCUT2D eigenvalue weighted by atomic mass is 10.1. The first-order valence-electron chi connectivity index (χ1n) is 7.30. The average Bonchev–Trinajstić information content (AvgIpc) is 2.58. The number of hydrogen-bond donors (Lipinski definition) is 2. The lowest BCUT2D eigenvalue weighted by Gasteiger charge is -2.10. The van der Waals surface area contributed by atoms with Crippen molar-refractivity contribution >= 4 is 22.5 Å². The molecule has 0 bridgehead atoms. The fourth-order valence-corrected chi connectivity index (χ4v) is 2.76. The third-order valence-corrected chi connectivity index (χ3v) is 4.05. The predicted octanol–water partition coefficient (Wildman–Crippen LogP) is 3.81. The van der Waals surface area contributed by atoms with E-state index in [4.69, 9.17) is 16.7 Å². The number of aliphatic hydroxyl groups excluding tert-OH is 1. The summed E-state index contributed by atoms with van der Waals surface area (Å²) in [6, 6.07) is 12.4. The lowest BCUT2D eigenvalue weighted by molar-refractivity contribution is 0.275. The van der Waals surface area contributed by atoms with Gasteiger partial charge in [-0.1, -0.05) is 23.7 Å². The highest BCUT2D eigenvalue weighted by atomic mass is 35.5. The minimum Gasteiger partial charge on any atom is -0.392 e. The molecule has 0 atom stereocenters. The first-order valence-corrected chi connectivity index (χ1v) is 7.68. The van der Waals surface area contributed by atoms with E-state index in [1.807, 2.05) is 24.3 Å². The predicted molar refractivity (Wildman–Crippen MR) is 89.6 cm³/mol. The topological polar surface area (TPSA) is 45.1 Å². The largest absolute Gasteiger partial charge is 0.392 e. The van der Waals surface area contributed by atoms with Crippen LogP contribution in [0.1, 0.15) is 16.7 Å². The van der Waals surface area contributed by atoms with Gasteiger partial charge in [-0.2, -0.15) is 0 Å². The van der Waals surface area contributed by atoms with Crippen molar-refractivity contribution in [2.24, 2.45) is 0 Å². The Balaban J connectivity index is 1.73. The van der Waals surface area contributed by atoms with Crippen molar-refractivity contribution in [3.05, 3.63) is 76.2 Å². The van der Waals surface area contributed by atoms with Crippen LogP contribution in [0.15, 0.2) is 48.7 Å². The van der Waals surface area contributed by atoms with Gasteiger partial charge in [-0.15, -0.1) is 0 Å². The second kappa shape index (κ2) is 7.04. The molecule has 1 aromatic heterocycles. The summed E-state index contributed by atoms with van der Waals surface area (Å²) in [4.78, 5) is 4.40. The molecule has 0 aliphatic rings. The van der Waals surface area contributed by atoms with Gasteiger partial charge >= 0.3 is 0 Å². The standard InChI is InChI=1S/C18H16ClFN2O/c19-16-5-4-13(18-15(16)2-1-7-22-18)10-21-9-12-3-6-17(20)14(8-12)11-23/h1-8,21,23H,9-11H2. The normalized spacial score (nSPS) is 11.1. The summed E-state index contributed by atoms with van der Waals surface area (Å²) in [6.07, 6.45) is 1.75. The number of rotatable bonds is 5. The Bertz CT molecular complexity index is 838. The zero-order valence-corrected chi connectivity index (χ0v) is 13.1. The van der Waals surface area contributed by atoms with Crippen molar-refractivity contribution in [3.63, 3.8) is 0 Å². The second-order valence-electron chi connectivity index (χ2n) is 5.29. The Morgan fingerprint density at radius 1 is 1.09 bits per heavy atom. The van der Waals surface area contributed by atoms with Crippen molar-refractivity contribution in [3.8, 4) is 0 Å².